The summed E-state index contributed by atoms with van der Waals surface area (Å²) in [7, 11) is -2.36. The average molecular weight is 300 g/mol. The molecule has 0 aliphatic heterocycles. The molecule has 0 radical (unpaired) electrons. The average Bonchev–Trinajstić information content (AvgIpc) is 2.47. The summed E-state index contributed by atoms with van der Waals surface area (Å²) in [5.74, 6) is 0.591. The second-order valence-corrected chi connectivity index (χ2v) is 5.57. The molecule has 116 valence electrons. The lowest BCUT2D eigenvalue weighted by Crippen LogP contribution is -1.89. The highest BCUT2D eigenvalue weighted by Crippen LogP contribution is 2.27. The third-order valence-corrected chi connectivity index (χ3v) is 3.46. The van der Waals surface area contributed by atoms with Crippen LogP contribution in [0.2, 0.25) is 0 Å². The third kappa shape index (κ3) is 12.3. The monoisotopic (exact) mass is 300 g/mol. The van der Waals surface area contributed by atoms with E-state index in [2.05, 4.69) is 20.8 Å². The van der Waals surface area contributed by atoms with Crippen LogP contribution in [0.1, 0.15) is 59.3 Å². The Balaban J connectivity index is 0.000000511. The number of rotatable bonds is 9. The summed E-state index contributed by atoms with van der Waals surface area (Å²) in [5, 5.41) is 0. The van der Waals surface area contributed by atoms with Gasteiger partial charge in [-0.2, -0.15) is 0 Å². The van der Waals surface area contributed by atoms with Crippen LogP contribution in [0.15, 0.2) is 30.3 Å². The minimum atomic E-state index is -2.36. The maximum atomic E-state index is 11.2. The van der Waals surface area contributed by atoms with Crippen molar-refractivity contribution in [2.24, 2.45) is 0 Å². The highest BCUT2D eigenvalue weighted by Gasteiger charge is 2.00. The Bertz CT molecular complexity index is 324. The minimum Gasteiger partial charge on any atom is -0.426 e. The number of benzene rings is 1. The zero-order chi connectivity index (χ0) is 15.1. The lowest BCUT2D eigenvalue weighted by molar-refractivity contribution is 0.281. The Morgan fingerprint density at radius 2 is 1.45 bits per heavy atom. The van der Waals surface area contributed by atoms with Crippen LogP contribution in [-0.2, 0) is 9.09 Å². The van der Waals surface area contributed by atoms with Crippen LogP contribution in [-0.4, -0.2) is 6.61 Å². The molecule has 1 unspecified atom stereocenters. The Kier molecular flexibility index (Phi) is 14.0. The quantitative estimate of drug-likeness (QED) is 0.423. The van der Waals surface area contributed by atoms with E-state index >= 15 is 0 Å². The van der Waals surface area contributed by atoms with Gasteiger partial charge in [0.1, 0.15) is 5.75 Å². The first-order chi connectivity index (χ1) is 9.74. The molecule has 0 amide bonds. The smallest absolute Gasteiger partial charge is 0.367 e. The molecular weight excluding hydrogens is 271 g/mol. The highest BCUT2D eigenvalue weighted by atomic mass is 31.1. The Hall–Kier alpha value is -0.790. The van der Waals surface area contributed by atoms with Gasteiger partial charge in [0, 0.05) is 0 Å². The molecular formula is C16H29O3P. The van der Waals surface area contributed by atoms with E-state index in [4.69, 9.17) is 9.05 Å². The number of hydrogen-bond acceptors (Lipinski definition) is 3. The van der Waals surface area contributed by atoms with Crippen LogP contribution in [0.5, 0.6) is 5.75 Å². The second kappa shape index (κ2) is 14.6. The predicted molar refractivity (Wildman–Crippen MR) is 86.7 cm³/mol. The molecule has 0 heterocycles. The fourth-order valence-electron chi connectivity index (χ4n) is 1.41. The molecule has 0 saturated carbocycles. The summed E-state index contributed by atoms with van der Waals surface area (Å²) in [5.41, 5.74) is 0. The van der Waals surface area contributed by atoms with Crippen molar-refractivity contribution in [3.63, 3.8) is 0 Å². The molecule has 1 rings (SSSR count). The molecule has 0 aliphatic rings. The summed E-state index contributed by atoms with van der Waals surface area (Å²) in [6.45, 7) is 7.02. The molecule has 0 spiro atoms. The standard InChI is InChI=1S/C10H15O3P.C6H14/c1-2-3-9-12-14(11)13-10-7-5-4-6-8-10;1-3-5-6-4-2/h4-8,14H,2-3,9H2,1H3;3-6H2,1-2H3. The van der Waals surface area contributed by atoms with Crippen molar-refractivity contribution in [2.45, 2.75) is 59.3 Å². The van der Waals surface area contributed by atoms with E-state index in [9.17, 15) is 4.57 Å². The molecule has 1 atom stereocenters. The SMILES string of the molecule is CCCCCC.CCCCO[PH](=O)Oc1ccccc1. The molecule has 0 saturated heterocycles. The molecule has 4 heteroatoms. The number of unbranched alkanes of at least 4 members (excludes halogenated alkanes) is 4. The molecule has 0 aliphatic carbocycles. The Morgan fingerprint density at radius 1 is 0.900 bits per heavy atom. The largest absolute Gasteiger partial charge is 0.426 e. The topological polar surface area (TPSA) is 35.5 Å². The van der Waals surface area contributed by atoms with E-state index in [1.165, 1.54) is 25.7 Å². The van der Waals surface area contributed by atoms with Crippen molar-refractivity contribution >= 4 is 8.25 Å². The van der Waals surface area contributed by atoms with Crippen LogP contribution in [0.3, 0.4) is 0 Å². The third-order valence-electron chi connectivity index (χ3n) is 2.62. The van der Waals surface area contributed by atoms with Gasteiger partial charge in [0.25, 0.3) is 0 Å². The summed E-state index contributed by atoms with van der Waals surface area (Å²) < 4.78 is 21.3. The van der Waals surface area contributed by atoms with Gasteiger partial charge in [0.15, 0.2) is 0 Å². The predicted octanol–water partition coefficient (Wildman–Crippen LogP) is 5.86. The maximum Gasteiger partial charge on any atom is 0.367 e. The first-order valence-corrected chi connectivity index (χ1v) is 8.86. The summed E-state index contributed by atoms with van der Waals surface area (Å²) in [4.78, 5) is 0. The highest BCUT2D eigenvalue weighted by molar-refractivity contribution is 7.33. The summed E-state index contributed by atoms with van der Waals surface area (Å²) in [6.07, 6.45) is 7.48. The van der Waals surface area contributed by atoms with Crippen LogP contribution < -0.4 is 4.52 Å². The molecule has 0 aromatic heterocycles. The van der Waals surface area contributed by atoms with Gasteiger partial charge in [-0.3, -0.25) is 0 Å². The summed E-state index contributed by atoms with van der Waals surface area (Å²) >= 11 is 0. The summed E-state index contributed by atoms with van der Waals surface area (Å²) in [6, 6.07) is 9.05. The zero-order valence-corrected chi connectivity index (χ0v) is 14.1. The molecule has 20 heavy (non-hydrogen) atoms. The van der Waals surface area contributed by atoms with Crippen LogP contribution >= 0.6 is 8.25 Å². The Labute approximate surface area is 124 Å². The van der Waals surface area contributed by atoms with Crippen molar-refractivity contribution in [1.82, 2.24) is 0 Å². The number of para-hydroxylation sites is 1. The van der Waals surface area contributed by atoms with E-state index < -0.39 is 8.25 Å². The van der Waals surface area contributed by atoms with Gasteiger partial charge in [0.2, 0.25) is 0 Å². The normalized spacial score (nSPS) is 11.3. The zero-order valence-electron chi connectivity index (χ0n) is 13.1. The molecule has 0 fully saturated rings. The molecule has 0 bridgehead atoms. The first kappa shape index (κ1) is 19.2. The van der Waals surface area contributed by atoms with Gasteiger partial charge in [-0.25, -0.2) is 4.57 Å². The molecule has 1 aromatic rings. The van der Waals surface area contributed by atoms with E-state index in [0.29, 0.717) is 12.4 Å². The van der Waals surface area contributed by atoms with Crippen LogP contribution in [0.25, 0.3) is 0 Å². The van der Waals surface area contributed by atoms with Gasteiger partial charge >= 0.3 is 8.25 Å². The van der Waals surface area contributed by atoms with Gasteiger partial charge < -0.3 is 9.05 Å². The van der Waals surface area contributed by atoms with E-state index in [-0.39, 0.29) is 0 Å². The van der Waals surface area contributed by atoms with Crippen LogP contribution in [0, 0.1) is 0 Å². The van der Waals surface area contributed by atoms with Crippen molar-refractivity contribution in [2.75, 3.05) is 6.61 Å². The molecule has 3 nitrogen and oxygen atoms in total. The van der Waals surface area contributed by atoms with Gasteiger partial charge in [-0.15, -0.1) is 0 Å². The molecule has 1 aromatic carbocycles. The minimum absolute atomic E-state index is 0.501. The van der Waals surface area contributed by atoms with Crippen molar-refractivity contribution in [3.05, 3.63) is 30.3 Å². The fraction of sp³-hybridized carbons (Fsp3) is 0.625. The second-order valence-electron chi connectivity index (χ2n) is 4.57. The maximum absolute atomic E-state index is 11.2. The lowest BCUT2D eigenvalue weighted by atomic mass is 10.2. The number of hydrogen-bond donors (Lipinski definition) is 0. The molecule has 0 N–H and O–H groups in total. The van der Waals surface area contributed by atoms with Crippen molar-refractivity contribution < 1.29 is 13.6 Å². The van der Waals surface area contributed by atoms with E-state index in [1.54, 1.807) is 12.1 Å². The first-order valence-electron chi connectivity index (χ1n) is 7.64. The van der Waals surface area contributed by atoms with Crippen molar-refractivity contribution in [3.8, 4) is 5.75 Å². The van der Waals surface area contributed by atoms with Crippen LogP contribution in [0.4, 0.5) is 0 Å². The van der Waals surface area contributed by atoms with Gasteiger partial charge in [-0.05, 0) is 18.6 Å². The Morgan fingerprint density at radius 3 is 1.95 bits per heavy atom. The van der Waals surface area contributed by atoms with E-state index in [0.717, 1.165) is 12.8 Å². The van der Waals surface area contributed by atoms with Gasteiger partial charge in [0.05, 0.1) is 6.61 Å². The van der Waals surface area contributed by atoms with Crippen molar-refractivity contribution in [1.29, 1.82) is 0 Å². The van der Waals surface area contributed by atoms with E-state index in [1.807, 2.05) is 18.2 Å². The fourth-order valence-corrected chi connectivity index (χ4v) is 2.11. The van der Waals surface area contributed by atoms with Gasteiger partial charge in [-0.1, -0.05) is 71.1 Å². The lowest BCUT2D eigenvalue weighted by Gasteiger charge is -2.05.